The van der Waals surface area contributed by atoms with Crippen LogP contribution in [0.15, 0.2) is 176 Å². The van der Waals surface area contributed by atoms with Crippen molar-refractivity contribution >= 4 is 70.7 Å². The Morgan fingerprint density at radius 1 is 0.370 bits per heavy atom. The summed E-state index contributed by atoms with van der Waals surface area (Å²) in [6, 6.07) is 55.7. The maximum atomic E-state index is 5.32. The number of fused-ring (bicyclic) bond motifs is 8. The van der Waals surface area contributed by atoms with E-state index in [0.29, 0.717) is 0 Å². The molecule has 0 amide bonds. The SMILES string of the molecule is C1=CC(c2ccc3ccc4ccc(-c5ccc6ccccc6c5)nc4c3n2)=CC(c2ccc3ccc4ccc(-c5ccc6ccccc6c5)nc4c3n2)C1. The van der Waals surface area contributed by atoms with Crippen LogP contribution in [0.1, 0.15) is 23.7 Å². The summed E-state index contributed by atoms with van der Waals surface area (Å²) < 4.78 is 0. The van der Waals surface area contributed by atoms with Crippen molar-refractivity contribution in [2.45, 2.75) is 12.3 Å². The number of pyridine rings is 4. The summed E-state index contributed by atoms with van der Waals surface area (Å²) in [4.78, 5) is 21.0. The Labute approximate surface area is 311 Å². The van der Waals surface area contributed by atoms with Gasteiger partial charge in [0.15, 0.2) is 0 Å². The highest BCUT2D eigenvalue weighted by molar-refractivity contribution is 6.05. The molecule has 1 aliphatic rings. The molecule has 0 spiro atoms. The molecule has 252 valence electrons. The fourth-order valence-electron chi connectivity index (χ4n) is 8.00. The van der Waals surface area contributed by atoms with E-state index < -0.39 is 0 Å². The normalized spacial score (nSPS) is 14.4. The summed E-state index contributed by atoms with van der Waals surface area (Å²) in [5.41, 5.74) is 10.8. The molecule has 4 nitrogen and oxygen atoms in total. The van der Waals surface area contributed by atoms with Gasteiger partial charge >= 0.3 is 0 Å². The van der Waals surface area contributed by atoms with Gasteiger partial charge in [-0.1, -0.05) is 140 Å². The second-order valence-corrected chi connectivity index (χ2v) is 14.2. The topological polar surface area (TPSA) is 51.6 Å². The van der Waals surface area contributed by atoms with Gasteiger partial charge in [0.1, 0.15) is 0 Å². The summed E-state index contributed by atoms with van der Waals surface area (Å²) in [5, 5.41) is 9.18. The molecule has 1 atom stereocenters. The van der Waals surface area contributed by atoms with Crippen molar-refractivity contribution in [2.75, 3.05) is 0 Å². The molecule has 54 heavy (non-hydrogen) atoms. The van der Waals surface area contributed by atoms with Gasteiger partial charge in [-0.3, -0.25) is 0 Å². The Bertz CT molecular complexity index is 3210. The monoisotopic (exact) mass is 688 g/mol. The van der Waals surface area contributed by atoms with Gasteiger partial charge in [-0.2, -0.15) is 0 Å². The van der Waals surface area contributed by atoms with Crippen molar-refractivity contribution in [3.63, 3.8) is 0 Å². The third-order valence-corrected chi connectivity index (χ3v) is 10.9. The van der Waals surface area contributed by atoms with E-state index in [9.17, 15) is 0 Å². The van der Waals surface area contributed by atoms with Gasteiger partial charge in [0, 0.05) is 44.3 Å². The number of allylic oxidation sites excluding steroid dienone is 4. The number of benzene rings is 6. The lowest BCUT2D eigenvalue weighted by atomic mass is 9.91. The van der Waals surface area contributed by atoms with Crippen LogP contribution in [0.5, 0.6) is 0 Å². The average molecular weight is 689 g/mol. The summed E-state index contributed by atoms with van der Waals surface area (Å²) in [6.07, 6.45) is 7.63. The molecule has 4 aromatic heterocycles. The molecule has 1 aliphatic carbocycles. The maximum Gasteiger partial charge on any atom is 0.0972 e. The van der Waals surface area contributed by atoms with Gasteiger partial charge < -0.3 is 0 Å². The number of hydrogen-bond acceptors (Lipinski definition) is 4. The zero-order chi connectivity index (χ0) is 35.6. The minimum atomic E-state index is 0.107. The van der Waals surface area contributed by atoms with Crippen LogP contribution in [0.2, 0.25) is 0 Å². The summed E-state index contributed by atoms with van der Waals surface area (Å²) in [5.74, 6) is 0.107. The molecule has 6 aromatic carbocycles. The summed E-state index contributed by atoms with van der Waals surface area (Å²) >= 11 is 0. The molecule has 4 heteroatoms. The van der Waals surface area contributed by atoms with Crippen molar-refractivity contribution in [3.05, 3.63) is 187 Å². The fourth-order valence-corrected chi connectivity index (χ4v) is 8.00. The van der Waals surface area contributed by atoms with Crippen LogP contribution in [-0.4, -0.2) is 19.9 Å². The minimum Gasteiger partial charge on any atom is -0.250 e. The quantitative estimate of drug-likeness (QED) is 0.173. The number of rotatable bonds is 4. The highest BCUT2D eigenvalue weighted by Crippen LogP contribution is 2.35. The molecule has 1 unspecified atom stereocenters. The van der Waals surface area contributed by atoms with E-state index in [0.717, 1.165) is 89.5 Å². The zero-order valence-corrected chi connectivity index (χ0v) is 29.3. The molecule has 10 aromatic rings. The lowest BCUT2D eigenvalue weighted by Crippen LogP contribution is -2.03. The second kappa shape index (κ2) is 12.3. The Morgan fingerprint density at radius 3 is 1.35 bits per heavy atom. The first-order valence-corrected chi connectivity index (χ1v) is 18.5. The second-order valence-electron chi connectivity index (χ2n) is 14.2. The van der Waals surface area contributed by atoms with Gasteiger partial charge in [-0.15, -0.1) is 0 Å². The van der Waals surface area contributed by atoms with Crippen molar-refractivity contribution in [1.82, 2.24) is 19.9 Å². The zero-order valence-electron chi connectivity index (χ0n) is 29.3. The predicted molar refractivity (Wildman–Crippen MR) is 224 cm³/mol. The third kappa shape index (κ3) is 5.22. The van der Waals surface area contributed by atoms with Crippen LogP contribution in [0, 0.1) is 0 Å². The first-order valence-electron chi connectivity index (χ1n) is 18.5. The third-order valence-electron chi connectivity index (χ3n) is 10.9. The van der Waals surface area contributed by atoms with E-state index >= 15 is 0 Å². The predicted octanol–water partition coefficient (Wildman–Crippen LogP) is 12.6. The molecule has 0 N–H and O–H groups in total. The number of nitrogens with zero attached hydrogens (tertiary/aromatic N) is 4. The van der Waals surface area contributed by atoms with Crippen LogP contribution in [0.4, 0.5) is 0 Å². The largest absolute Gasteiger partial charge is 0.250 e. The molecule has 0 bridgehead atoms. The van der Waals surface area contributed by atoms with E-state index in [1.54, 1.807) is 0 Å². The van der Waals surface area contributed by atoms with Gasteiger partial charge in [-0.05, 0) is 69.9 Å². The average Bonchev–Trinajstić information content (AvgIpc) is 3.25. The summed E-state index contributed by atoms with van der Waals surface area (Å²) in [6.45, 7) is 0. The van der Waals surface area contributed by atoms with Crippen molar-refractivity contribution in [2.24, 2.45) is 0 Å². The molecular weight excluding hydrogens is 657 g/mol. The Kier molecular flexibility index (Phi) is 6.96. The Hall–Kier alpha value is -7.04. The minimum absolute atomic E-state index is 0.107. The van der Waals surface area contributed by atoms with Crippen molar-refractivity contribution < 1.29 is 0 Å². The van der Waals surface area contributed by atoms with Crippen LogP contribution in [0.3, 0.4) is 0 Å². The molecule has 0 saturated heterocycles. The molecular formula is C50H32N4. The van der Waals surface area contributed by atoms with Crippen LogP contribution >= 0.6 is 0 Å². The maximum absolute atomic E-state index is 5.32. The Morgan fingerprint density at radius 2 is 0.796 bits per heavy atom. The fraction of sp³-hybridized carbons (Fsp3) is 0.0400. The van der Waals surface area contributed by atoms with Crippen LogP contribution in [-0.2, 0) is 0 Å². The van der Waals surface area contributed by atoms with Crippen LogP contribution < -0.4 is 0 Å². The van der Waals surface area contributed by atoms with Gasteiger partial charge in [-0.25, -0.2) is 19.9 Å². The highest BCUT2D eigenvalue weighted by atomic mass is 14.8. The van der Waals surface area contributed by atoms with E-state index in [1.807, 2.05) is 0 Å². The molecule has 11 rings (SSSR count). The van der Waals surface area contributed by atoms with E-state index in [2.05, 4.69) is 176 Å². The van der Waals surface area contributed by atoms with Crippen molar-refractivity contribution in [3.8, 4) is 22.5 Å². The highest BCUT2D eigenvalue weighted by Gasteiger charge is 2.18. The van der Waals surface area contributed by atoms with Gasteiger partial charge in [0.25, 0.3) is 0 Å². The first-order chi connectivity index (χ1) is 26.7. The lowest BCUT2D eigenvalue weighted by molar-refractivity contribution is 0.824. The summed E-state index contributed by atoms with van der Waals surface area (Å²) in [7, 11) is 0. The van der Waals surface area contributed by atoms with E-state index in [-0.39, 0.29) is 5.92 Å². The first kappa shape index (κ1) is 30.6. The van der Waals surface area contributed by atoms with E-state index in [4.69, 9.17) is 19.9 Å². The number of aromatic nitrogens is 4. The Balaban J connectivity index is 0.971. The molecule has 0 aliphatic heterocycles. The molecule has 0 saturated carbocycles. The van der Waals surface area contributed by atoms with E-state index in [1.165, 1.54) is 21.5 Å². The molecule has 0 radical (unpaired) electrons. The standard InChI is InChI=1S/C50H32N4/c1-3-8-37-28-41(18-12-31(37)6-1)45-26-22-35-16-14-33-20-24-43(51-47(33)49(35)53-45)39-10-5-11-40(30-39)44-25-21-34-15-17-36-23-27-46(54-50(36)48(34)52-44)42-19-13-32-7-2-4-9-38(32)29-42/h1-10,12-30,40H,11H2. The smallest absolute Gasteiger partial charge is 0.0972 e. The van der Waals surface area contributed by atoms with Gasteiger partial charge in [0.2, 0.25) is 0 Å². The van der Waals surface area contributed by atoms with Crippen LogP contribution in [0.25, 0.3) is 93.2 Å². The van der Waals surface area contributed by atoms with Crippen molar-refractivity contribution in [1.29, 1.82) is 0 Å². The lowest BCUT2D eigenvalue weighted by Gasteiger charge is -2.17. The number of hydrogen-bond donors (Lipinski definition) is 0. The molecule has 4 heterocycles. The molecule has 0 fully saturated rings. The van der Waals surface area contributed by atoms with Gasteiger partial charge in [0.05, 0.1) is 39.1 Å².